The normalized spacial score (nSPS) is 16.2. The summed E-state index contributed by atoms with van der Waals surface area (Å²) in [5.41, 5.74) is 2.00. The van der Waals surface area contributed by atoms with Gasteiger partial charge in [0.05, 0.1) is 30.8 Å². The minimum atomic E-state index is -0.322. The summed E-state index contributed by atoms with van der Waals surface area (Å²) in [5, 5.41) is 4.33. The maximum atomic E-state index is 13.0. The first kappa shape index (κ1) is 21.1. The summed E-state index contributed by atoms with van der Waals surface area (Å²) in [6.45, 7) is 0.989. The van der Waals surface area contributed by atoms with Crippen LogP contribution in [0.4, 0.5) is 5.69 Å². The van der Waals surface area contributed by atoms with Crippen LogP contribution in [-0.2, 0) is 4.79 Å². The summed E-state index contributed by atoms with van der Waals surface area (Å²) >= 11 is 6.21. The molecule has 2 aromatic carbocycles. The van der Waals surface area contributed by atoms with E-state index in [1.807, 2.05) is 30.5 Å². The maximum Gasteiger partial charge on any atom is 0.253 e. The van der Waals surface area contributed by atoms with Gasteiger partial charge < -0.3 is 24.7 Å². The topological polar surface area (TPSA) is 83.7 Å². The number of anilines is 1. The van der Waals surface area contributed by atoms with Gasteiger partial charge in [-0.05, 0) is 42.5 Å². The Balaban J connectivity index is 1.47. The van der Waals surface area contributed by atoms with Gasteiger partial charge in [0.1, 0.15) is 11.5 Å². The number of nitrogens with zero attached hydrogens (tertiary/aromatic N) is 1. The van der Waals surface area contributed by atoms with Crippen molar-refractivity contribution in [1.82, 2.24) is 9.88 Å². The highest BCUT2D eigenvalue weighted by molar-refractivity contribution is 6.32. The van der Waals surface area contributed by atoms with Gasteiger partial charge in [-0.1, -0.05) is 17.7 Å². The third-order valence-corrected chi connectivity index (χ3v) is 5.91. The van der Waals surface area contributed by atoms with Gasteiger partial charge in [0.25, 0.3) is 5.91 Å². The summed E-state index contributed by atoms with van der Waals surface area (Å²) in [6.07, 6.45) is 3.31. The zero-order chi connectivity index (χ0) is 22.0. The molecule has 0 radical (unpaired) electrons. The Morgan fingerprint density at radius 2 is 1.94 bits per heavy atom. The molecule has 1 aliphatic heterocycles. The first-order chi connectivity index (χ1) is 15.0. The number of fused-ring (bicyclic) bond motifs is 1. The van der Waals surface area contributed by atoms with Crippen molar-refractivity contribution in [2.75, 3.05) is 32.6 Å². The molecule has 0 spiro atoms. The van der Waals surface area contributed by atoms with Gasteiger partial charge in [0, 0.05) is 36.4 Å². The van der Waals surface area contributed by atoms with E-state index in [4.69, 9.17) is 21.1 Å². The Kier molecular flexibility index (Phi) is 6.04. The molecule has 1 saturated heterocycles. The third-order valence-electron chi connectivity index (χ3n) is 5.61. The van der Waals surface area contributed by atoms with Gasteiger partial charge in [-0.3, -0.25) is 9.59 Å². The summed E-state index contributed by atoms with van der Waals surface area (Å²) < 4.78 is 10.6. The lowest BCUT2D eigenvalue weighted by molar-refractivity contribution is -0.121. The number of hydrogen-bond donors (Lipinski definition) is 2. The fourth-order valence-electron chi connectivity index (χ4n) is 3.93. The number of amides is 2. The number of aromatic amines is 1. The van der Waals surface area contributed by atoms with Crippen LogP contribution in [0.15, 0.2) is 42.6 Å². The number of aromatic nitrogens is 1. The standard InChI is InChI=1S/C23H24ClN3O4/c1-30-20-12-21(31-2)19(11-17(20)24)26-22(28)16-4-3-9-27(13-16)23(29)15-6-5-14-7-8-25-18(14)10-15/h5-8,10-12,16,25H,3-4,9,13H2,1-2H3,(H,26,28). The molecule has 3 aromatic rings. The van der Waals surface area contributed by atoms with Crippen LogP contribution in [0.1, 0.15) is 23.2 Å². The molecule has 1 unspecified atom stereocenters. The second kappa shape index (κ2) is 8.89. The molecule has 2 amide bonds. The molecule has 4 rings (SSSR count). The second-order valence-corrected chi connectivity index (χ2v) is 7.95. The molecular weight excluding hydrogens is 418 g/mol. The van der Waals surface area contributed by atoms with E-state index in [9.17, 15) is 9.59 Å². The lowest BCUT2D eigenvalue weighted by Crippen LogP contribution is -2.43. The molecule has 1 aromatic heterocycles. The fraction of sp³-hybridized carbons (Fsp3) is 0.304. The van der Waals surface area contributed by atoms with Crippen LogP contribution in [0.2, 0.25) is 5.02 Å². The highest BCUT2D eigenvalue weighted by Gasteiger charge is 2.29. The highest BCUT2D eigenvalue weighted by atomic mass is 35.5. The van der Waals surface area contributed by atoms with Crippen LogP contribution in [0.25, 0.3) is 10.9 Å². The Morgan fingerprint density at radius 3 is 2.71 bits per heavy atom. The Labute approximate surface area is 185 Å². The molecule has 2 heterocycles. The number of H-pyrrole nitrogens is 1. The highest BCUT2D eigenvalue weighted by Crippen LogP contribution is 2.36. The molecule has 1 aliphatic rings. The van der Waals surface area contributed by atoms with Crippen LogP contribution in [-0.4, -0.2) is 49.0 Å². The second-order valence-electron chi connectivity index (χ2n) is 7.55. The van der Waals surface area contributed by atoms with E-state index in [1.54, 1.807) is 17.0 Å². The van der Waals surface area contributed by atoms with E-state index < -0.39 is 0 Å². The lowest BCUT2D eigenvalue weighted by Gasteiger charge is -2.32. The molecule has 162 valence electrons. The fourth-order valence-corrected chi connectivity index (χ4v) is 4.17. The average Bonchev–Trinajstić information content (AvgIpc) is 3.27. The van der Waals surface area contributed by atoms with E-state index in [-0.39, 0.29) is 17.7 Å². The Bertz CT molecular complexity index is 1130. The Morgan fingerprint density at radius 1 is 1.13 bits per heavy atom. The van der Waals surface area contributed by atoms with Crippen molar-refractivity contribution < 1.29 is 19.1 Å². The van der Waals surface area contributed by atoms with Crippen LogP contribution in [0, 0.1) is 5.92 Å². The van der Waals surface area contributed by atoms with Gasteiger partial charge in [0.2, 0.25) is 5.91 Å². The number of ether oxygens (including phenoxy) is 2. The summed E-state index contributed by atoms with van der Waals surface area (Å²) in [5.74, 6) is 0.357. The molecule has 2 N–H and O–H groups in total. The number of carbonyl (C=O) groups is 2. The van der Waals surface area contributed by atoms with E-state index in [0.717, 1.165) is 17.3 Å². The number of benzene rings is 2. The van der Waals surface area contributed by atoms with E-state index >= 15 is 0 Å². The van der Waals surface area contributed by atoms with Crippen molar-refractivity contribution in [3.05, 3.63) is 53.2 Å². The van der Waals surface area contributed by atoms with Gasteiger partial charge >= 0.3 is 0 Å². The van der Waals surface area contributed by atoms with Crippen molar-refractivity contribution >= 4 is 40.0 Å². The SMILES string of the molecule is COc1cc(OC)c(NC(=O)C2CCCN(C(=O)c3ccc4cc[nH]c4c3)C2)cc1Cl. The zero-order valence-corrected chi connectivity index (χ0v) is 18.2. The molecule has 0 aliphatic carbocycles. The number of halogens is 1. The van der Waals surface area contributed by atoms with Gasteiger partial charge in [-0.15, -0.1) is 0 Å². The summed E-state index contributed by atoms with van der Waals surface area (Å²) in [7, 11) is 3.03. The molecule has 8 heteroatoms. The van der Waals surface area contributed by atoms with Crippen LogP contribution in [0.3, 0.4) is 0 Å². The molecular formula is C23H24ClN3O4. The quantitative estimate of drug-likeness (QED) is 0.617. The van der Waals surface area contributed by atoms with Gasteiger partial charge in [0.15, 0.2) is 0 Å². The first-order valence-corrected chi connectivity index (χ1v) is 10.5. The monoisotopic (exact) mass is 441 g/mol. The predicted octanol–water partition coefficient (Wildman–Crippen LogP) is 4.33. The largest absolute Gasteiger partial charge is 0.495 e. The third kappa shape index (κ3) is 4.32. The minimum absolute atomic E-state index is 0.0703. The van der Waals surface area contributed by atoms with E-state index in [0.29, 0.717) is 47.3 Å². The van der Waals surface area contributed by atoms with Crippen molar-refractivity contribution in [3.63, 3.8) is 0 Å². The maximum absolute atomic E-state index is 13.0. The lowest BCUT2D eigenvalue weighted by atomic mass is 9.96. The minimum Gasteiger partial charge on any atom is -0.495 e. The van der Waals surface area contributed by atoms with Gasteiger partial charge in [-0.2, -0.15) is 0 Å². The number of carbonyl (C=O) groups excluding carboxylic acids is 2. The molecule has 0 bridgehead atoms. The number of hydrogen-bond acceptors (Lipinski definition) is 4. The number of piperidine rings is 1. The number of rotatable bonds is 5. The first-order valence-electron chi connectivity index (χ1n) is 10.1. The number of nitrogens with one attached hydrogen (secondary N) is 2. The smallest absolute Gasteiger partial charge is 0.253 e. The van der Waals surface area contributed by atoms with Crippen LogP contribution in [0.5, 0.6) is 11.5 Å². The van der Waals surface area contributed by atoms with E-state index in [2.05, 4.69) is 10.3 Å². The van der Waals surface area contributed by atoms with Crippen LogP contribution < -0.4 is 14.8 Å². The van der Waals surface area contributed by atoms with Crippen LogP contribution >= 0.6 is 11.6 Å². The van der Waals surface area contributed by atoms with Crippen molar-refractivity contribution in [2.45, 2.75) is 12.8 Å². The summed E-state index contributed by atoms with van der Waals surface area (Å²) in [6, 6.07) is 10.8. The number of likely N-dealkylation sites (tertiary alicyclic amines) is 1. The summed E-state index contributed by atoms with van der Waals surface area (Å²) in [4.78, 5) is 30.9. The predicted molar refractivity (Wildman–Crippen MR) is 120 cm³/mol. The molecule has 31 heavy (non-hydrogen) atoms. The van der Waals surface area contributed by atoms with Gasteiger partial charge in [-0.25, -0.2) is 0 Å². The van der Waals surface area contributed by atoms with E-state index in [1.165, 1.54) is 14.2 Å². The van der Waals surface area contributed by atoms with Crippen molar-refractivity contribution in [3.8, 4) is 11.5 Å². The Hall–Kier alpha value is -3.19. The van der Waals surface area contributed by atoms with Crippen molar-refractivity contribution in [1.29, 1.82) is 0 Å². The molecule has 1 fully saturated rings. The average molecular weight is 442 g/mol. The molecule has 7 nitrogen and oxygen atoms in total. The number of methoxy groups -OCH3 is 2. The molecule has 1 atom stereocenters. The van der Waals surface area contributed by atoms with Crippen molar-refractivity contribution in [2.24, 2.45) is 5.92 Å². The molecule has 0 saturated carbocycles. The zero-order valence-electron chi connectivity index (χ0n) is 17.4.